The summed E-state index contributed by atoms with van der Waals surface area (Å²) < 4.78 is 0. The molecule has 3 saturated carbocycles. The molecule has 3 aliphatic carbocycles. The third-order valence-corrected chi connectivity index (χ3v) is 4.78. The maximum atomic E-state index is 9.22. The molecule has 10 heavy (non-hydrogen) atoms. The molecule has 0 aromatic rings. The summed E-state index contributed by atoms with van der Waals surface area (Å²) in [5, 5.41) is 9.58. The Labute approximate surface area is 62.2 Å². The quantitative estimate of drug-likeness (QED) is 0.515. The lowest BCUT2D eigenvalue weighted by Gasteiger charge is -2.03. The van der Waals surface area contributed by atoms with E-state index in [0.717, 1.165) is 0 Å². The van der Waals surface area contributed by atoms with Crippen molar-refractivity contribution in [3.63, 3.8) is 0 Å². The summed E-state index contributed by atoms with van der Waals surface area (Å²) in [6, 6.07) is 0. The standard InChI is InChI=1S/C8H13BO/c9-8(5-10)6(1-2-6)7(8)3-4-7/h10H,1-5,9H2. The molecular weight excluding hydrogens is 123 g/mol. The summed E-state index contributed by atoms with van der Waals surface area (Å²) in [6.07, 6.45) is 5.63. The third kappa shape index (κ3) is 0.274. The second-order valence-corrected chi connectivity index (χ2v) is 4.65. The van der Waals surface area contributed by atoms with Crippen molar-refractivity contribution < 1.29 is 5.11 Å². The van der Waals surface area contributed by atoms with Gasteiger partial charge in [0.05, 0.1) is 0 Å². The van der Waals surface area contributed by atoms with Crippen LogP contribution >= 0.6 is 0 Å². The summed E-state index contributed by atoms with van der Waals surface area (Å²) in [4.78, 5) is 0. The molecule has 0 heterocycles. The van der Waals surface area contributed by atoms with Crippen LogP contribution in [0.15, 0.2) is 0 Å². The SMILES string of the molecule is BC1(CO)C2(CC2)C12CC2. The van der Waals surface area contributed by atoms with E-state index in [1.165, 1.54) is 25.7 Å². The number of aliphatic hydroxyl groups excluding tert-OH is 1. The van der Waals surface area contributed by atoms with Crippen LogP contribution in [0.5, 0.6) is 0 Å². The van der Waals surface area contributed by atoms with E-state index in [1.807, 2.05) is 0 Å². The normalized spacial score (nSPS) is 49.7. The monoisotopic (exact) mass is 136 g/mol. The van der Waals surface area contributed by atoms with E-state index in [4.69, 9.17) is 0 Å². The third-order valence-electron chi connectivity index (χ3n) is 4.78. The molecule has 3 fully saturated rings. The Morgan fingerprint density at radius 3 is 1.60 bits per heavy atom. The second kappa shape index (κ2) is 1.10. The lowest BCUT2D eigenvalue weighted by atomic mass is 9.79. The highest BCUT2D eigenvalue weighted by Crippen LogP contribution is 3.01. The predicted octanol–water partition coefficient (Wildman–Crippen LogP) is 0.345. The molecule has 3 aliphatic rings. The zero-order valence-electron chi connectivity index (χ0n) is 6.48. The minimum Gasteiger partial charge on any atom is -0.397 e. The smallest absolute Gasteiger partial charge is 0.113 e. The van der Waals surface area contributed by atoms with Gasteiger partial charge in [-0.05, 0) is 41.8 Å². The van der Waals surface area contributed by atoms with E-state index < -0.39 is 0 Å². The van der Waals surface area contributed by atoms with E-state index in [2.05, 4.69) is 7.85 Å². The van der Waals surface area contributed by atoms with Crippen LogP contribution in [0.25, 0.3) is 0 Å². The topological polar surface area (TPSA) is 20.2 Å². The number of rotatable bonds is 1. The van der Waals surface area contributed by atoms with E-state index >= 15 is 0 Å². The van der Waals surface area contributed by atoms with Crippen LogP contribution < -0.4 is 0 Å². The minimum atomic E-state index is 0.361. The predicted molar refractivity (Wildman–Crippen MR) is 41.7 cm³/mol. The van der Waals surface area contributed by atoms with Gasteiger partial charge in [0.1, 0.15) is 7.85 Å². The molecule has 54 valence electrons. The van der Waals surface area contributed by atoms with Gasteiger partial charge < -0.3 is 5.11 Å². The summed E-state index contributed by atoms with van der Waals surface area (Å²) in [6.45, 7) is 0.437. The van der Waals surface area contributed by atoms with Crippen LogP contribution in [-0.4, -0.2) is 19.6 Å². The highest BCUT2D eigenvalue weighted by atomic mass is 16.3. The lowest BCUT2D eigenvalue weighted by Crippen LogP contribution is -2.03. The van der Waals surface area contributed by atoms with Gasteiger partial charge in [0.25, 0.3) is 0 Å². The fourth-order valence-corrected chi connectivity index (χ4v) is 3.75. The molecule has 3 rings (SSSR count). The highest BCUT2D eigenvalue weighted by molar-refractivity contribution is 6.21. The molecule has 0 aromatic carbocycles. The molecule has 0 atom stereocenters. The zero-order chi connectivity index (χ0) is 7.04. The van der Waals surface area contributed by atoms with Crippen LogP contribution in [0, 0.1) is 10.8 Å². The molecule has 1 N–H and O–H groups in total. The van der Waals surface area contributed by atoms with Gasteiger partial charge in [-0.15, -0.1) is 0 Å². The van der Waals surface area contributed by atoms with Gasteiger partial charge in [-0.3, -0.25) is 0 Å². The Morgan fingerprint density at radius 2 is 1.50 bits per heavy atom. The van der Waals surface area contributed by atoms with Gasteiger partial charge in [0, 0.05) is 6.61 Å². The average Bonchev–Trinajstić information content (AvgIpc) is 2.76. The van der Waals surface area contributed by atoms with Gasteiger partial charge in [0.2, 0.25) is 0 Å². The maximum Gasteiger partial charge on any atom is 0.113 e. The first-order valence-corrected chi connectivity index (χ1v) is 4.33. The Hall–Kier alpha value is 0.0249. The van der Waals surface area contributed by atoms with E-state index in [9.17, 15) is 5.11 Å². The first-order valence-electron chi connectivity index (χ1n) is 4.33. The largest absolute Gasteiger partial charge is 0.397 e. The van der Waals surface area contributed by atoms with Crippen LogP contribution in [0.4, 0.5) is 0 Å². The molecule has 0 amide bonds. The van der Waals surface area contributed by atoms with Crippen molar-refractivity contribution in [2.75, 3.05) is 6.61 Å². The van der Waals surface area contributed by atoms with Gasteiger partial charge in [-0.1, -0.05) is 0 Å². The second-order valence-electron chi connectivity index (χ2n) is 4.65. The lowest BCUT2D eigenvalue weighted by molar-refractivity contribution is 0.268. The fourth-order valence-electron chi connectivity index (χ4n) is 3.75. The van der Waals surface area contributed by atoms with Gasteiger partial charge in [-0.2, -0.15) is 0 Å². The average molecular weight is 136 g/mol. The van der Waals surface area contributed by atoms with Gasteiger partial charge >= 0.3 is 0 Å². The number of aliphatic hydroxyl groups is 1. The fraction of sp³-hybridized carbons (Fsp3) is 1.00. The molecule has 0 aromatic heterocycles. The van der Waals surface area contributed by atoms with Crippen molar-refractivity contribution in [1.82, 2.24) is 0 Å². The molecule has 0 radical (unpaired) electrons. The van der Waals surface area contributed by atoms with Crippen LogP contribution in [0.2, 0.25) is 5.31 Å². The summed E-state index contributed by atoms with van der Waals surface area (Å²) in [5.74, 6) is 0. The molecule has 0 bridgehead atoms. The Morgan fingerprint density at radius 1 is 1.10 bits per heavy atom. The van der Waals surface area contributed by atoms with Crippen LogP contribution in [0.1, 0.15) is 25.7 Å². The Balaban J connectivity index is 2.02. The summed E-state index contributed by atoms with van der Waals surface area (Å²) >= 11 is 0. The number of hydrogen-bond acceptors (Lipinski definition) is 1. The first-order chi connectivity index (χ1) is 4.72. The minimum absolute atomic E-state index is 0.361. The number of hydrogen-bond donors (Lipinski definition) is 1. The summed E-state index contributed by atoms with van der Waals surface area (Å²) in [7, 11) is 2.28. The zero-order valence-corrected chi connectivity index (χ0v) is 6.48. The van der Waals surface area contributed by atoms with Crippen LogP contribution in [0.3, 0.4) is 0 Å². The van der Waals surface area contributed by atoms with E-state index in [1.54, 1.807) is 0 Å². The van der Waals surface area contributed by atoms with Crippen molar-refractivity contribution >= 4 is 7.85 Å². The first kappa shape index (κ1) is 5.65. The molecule has 2 heteroatoms. The van der Waals surface area contributed by atoms with E-state index in [0.29, 0.717) is 22.8 Å². The van der Waals surface area contributed by atoms with Gasteiger partial charge in [-0.25, -0.2) is 0 Å². The number of fused-ring (bicyclic) bond motifs is 1. The van der Waals surface area contributed by atoms with Crippen LogP contribution in [-0.2, 0) is 0 Å². The Bertz CT molecular complexity index is 185. The van der Waals surface area contributed by atoms with Gasteiger partial charge in [0.15, 0.2) is 0 Å². The van der Waals surface area contributed by atoms with Crippen molar-refractivity contribution in [3.05, 3.63) is 0 Å². The molecule has 2 spiro atoms. The molecular formula is C8H13BO. The van der Waals surface area contributed by atoms with E-state index in [-0.39, 0.29) is 0 Å². The highest BCUT2D eigenvalue weighted by Gasteiger charge is 2.92. The van der Waals surface area contributed by atoms with Crippen molar-refractivity contribution in [2.24, 2.45) is 10.8 Å². The maximum absolute atomic E-state index is 9.22. The molecule has 0 aliphatic heterocycles. The summed E-state index contributed by atoms with van der Waals surface area (Å²) in [5.41, 5.74) is 1.32. The van der Waals surface area contributed by atoms with Crippen molar-refractivity contribution in [2.45, 2.75) is 31.0 Å². The van der Waals surface area contributed by atoms with Crippen molar-refractivity contribution in [1.29, 1.82) is 0 Å². The molecule has 1 nitrogen and oxygen atoms in total. The molecule has 0 unspecified atom stereocenters. The van der Waals surface area contributed by atoms with Crippen molar-refractivity contribution in [3.8, 4) is 0 Å². The molecule has 0 saturated heterocycles. The Kier molecular flexibility index (Phi) is 0.619.